The zero-order valence-corrected chi connectivity index (χ0v) is 11.1. The molecular formula is C15H22O2. The molecule has 17 heavy (non-hydrogen) atoms. The van der Waals surface area contributed by atoms with Gasteiger partial charge in [-0.1, -0.05) is 20.8 Å². The minimum Gasteiger partial charge on any atom is -0.299 e. The molecule has 94 valence electrons. The molecule has 0 aromatic heterocycles. The number of carbonyl (C=O) groups excluding carboxylic acids is 2. The molecule has 2 nitrogen and oxygen atoms in total. The fraction of sp³-hybridized carbons (Fsp3) is 0.867. The first-order valence-electron chi connectivity index (χ1n) is 6.87. The standard InChI is InChI=1S/C15H22O2/c1-13(2)8-12(17)15-7-5-11(16)14(3,9-15)6-4-10(13)15/h10H,4-9H2,1-3H3. The average Bonchev–Trinajstić information content (AvgIpc) is 2.41. The molecule has 0 aliphatic heterocycles. The SMILES string of the molecule is CC12CCC3C(C)(C)CC(=O)C3(CCC1=O)C2. The maximum Gasteiger partial charge on any atom is 0.139 e. The summed E-state index contributed by atoms with van der Waals surface area (Å²) in [6, 6.07) is 0. The minimum absolute atomic E-state index is 0.135. The summed E-state index contributed by atoms with van der Waals surface area (Å²) in [6.45, 7) is 6.57. The summed E-state index contributed by atoms with van der Waals surface area (Å²) >= 11 is 0. The van der Waals surface area contributed by atoms with Crippen molar-refractivity contribution in [2.75, 3.05) is 0 Å². The predicted molar refractivity (Wildman–Crippen MR) is 65.5 cm³/mol. The van der Waals surface area contributed by atoms with Crippen molar-refractivity contribution in [2.24, 2.45) is 22.2 Å². The van der Waals surface area contributed by atoms with Crippen LogP contribution in [0.2, 0.25) is 0 Å². The first kappa shape index (κ1) is 11.4. The van der Waals surface area contributed by atoms with E-state index in [0.717, 1.165) is 32.1 Å². The van der Waals surface area contributed by atoms with E-state index < -0.39 is 0 Å². The van der Waals surface area contributed by atoms with E-state index in [1.165, 1.54) is 0 Å². The molecule has 3 aliphatic rings. The van der Waals surface area contributed by atoms with E-state index in [9.17, 15) is 9.59 Å². The molecule has 0 N–H and O–H groups in total. The van der Waals surface area contributed by atoms with E-state index in [4.69, 9.17) is 0 Å². The molecule has 3 unspecified atom stereocenters. The van der Waals surface area contributed by atoms with Crippen LogP contribution in [-0.2, 0) is 9.59 Å². The van der Waals surface area contributed by atoms with Crippen LogP contribution < -0.4 is 0 Å². The van der Waals surface area contributed by atoms with Gasteiger partial charge in [-0.25, -0.2) is 0 Å². The number of rotatable bonds is 0. The second-order valence-corrected chi connectivity index (χ2v) is 7.50. The van der Waals surface area contributed by atoms with Crippen LogP contribution >= 0.6 is 0 Å². The molecule has 3 aliphatic carbocycles. The second-order valence-electron chi connectivity index (χ2n) is 7.50. The van der Waals surface area contributed by atoms with Gasteiger partial charge in [0.25, 0.3) is 0 Å². The zero-order valence-electron chi connectivity index (χ0n) is 11.1. The lowest BCUT2D eigenvalue weighted by Crippen LogP contribution is -2.51. The summed E-state index contributed by atoms with van der Waals surface area (Å²) in [6.07, 6.45) is 5.09. The normalized spacial score (nSPS) is 48.1. The van der Waals surface area contributed by atoms with Crippen LogP contribution in [0.5, 0.6) is 0 Å². The number of hydrogen-bond donors (Lipinski definition) is 0. The highest BCUT2D eigenvalue weighted by atomic mass is 16.1. The summed E-state index contributed by atoms with van der Waals surface area (Å²) < 4.78 is 0. The quantitative estimate of drug-likeness (QED) is 0.645. The van der Waals surface area contributed by atoms with Crippen LogP contribution in [-0.4, -0.2) is 11.6 Å². The van der Waals surface area contributed by atoms with Gasteiger partial charge in [-0.15, -0.1) is 0 Å². The molecule has 3 fully saturated rings. The molecule has 3 saturated carbocycles. The van der Waals surface area contributed by atoms with Crippen LogP contribution in [0.1, 0.15) is 59.3 Å². The number of ketones is 2. The van der Waals surface area contributed by atoms with Crippen molar-refractivity contribution in [3.8, 4) is 0 Å². The molecule has 2 heteroatoms. The molecule has 2 bridgehead atoms. The van der Waals surface area contributed by atoms with E-state index in [0.29, 0.717) is 23.9 Å². The third kappa shape index (κ3) is 1.27. The Labute approximate surface area is 103 Å². The second kappa shape index (κ2) is 3.02. The van der Waals surface area contributed by atoms with E-state index >= 15 is 0 Å². The summed E-state index contributed by atoms with van der Waals surface area (Å²) in [5.74, 6) is 1.37. The van der Waals surface area contributed by atoms with Gasteiger partial charge in [0.05, 0.1) is 0 Å². The molecule has 0 aromatic carbocycles. The van der Waals surface area contributed by atoms with Crippen molar-refractivity contribution in [2.45, 2.75) is 59.3 Å². The van der Waals surface area contributed by atoms with Gasteiger partial charge in [0.15, 0.2) is 0 Å². The zero-order chi connectivity index (χ0) is 12.5. The van der Waals surface area contributed by atoms with Crippen LogP contribution in [0, 0.1) is 22.2 Å². The van der Waals surface area contributed by atoms with Crippen molar-refractivity contribution in [1.82, 2.24) is 0 Å². The smallest absolute Gasteiger partial charge is 0.139 e. The lowest BCUT2D eigenvalue weighted by Gasteiger charge is -2.52. The van der Waals surface area contributed by atoms with Crippen molar-refractivity contribution < 1.29 is 9.59 Å². The van der Waals surface area contributed by atoms with Crippen LogP contribution in [0.3, 0.4) is 0 Å². The van der Waals surface area contributed by atoms with Crippen LogP contribution in [0.25, 0.3) is 0 Å². The predicted octanol–water partition coefficient (Wildman–Crippen LogP) is 3.14. The molecule has 0 saturated heterocycles. The number of carbonyl (C=O) groups is 2. The fourth-order valence-electron chi connectivity index (χ4n) is 5.07. The Balaban J connectivity index is 2.06. The first-order chi connectivity index (χ1) is 7.80. The van der Waals surface area contributed by atoms with E-state index in [1.54, 1.807) is 0 Å². The van der Waals surface area contributed by atoms with Gasteiger partial charge >= 0.3 is 0 Å². The maximum atomic E-state index is 12.5. The summed E-state index contributed by atoms with van der Waals surface area (Å²) in [5.41, 5.74) is -0.173. The third-order valence-corrected chi connectivity index (χ3v) is 5.94. The average molecular weight is 234 g/mol. The van der Waals surface area contributed by atoms with E-state index in [-0.39, 0.29) is 16.2 Å². The Morgan fingerprint density at radius 1 is 1.06 bits per heavy atom. The van der Waals surface area contributed by atoms with Crippen molar-refractivity contribution in [3.63, 3.8) is 0 Å². The number of Topliss-reactive ketones (excluding diaryl/α,β-unsaturated/α-hetero) is 2. The summed E-state index contributed by atoms with van der Waals surface area (Å²) in [5, 5.41) is 0. The Bertz CT molecular complexity index is 409. The molecule has 3 atom stereocenters. The molecule has 0 aromatic rings. The molecule has 0 radical (unpaired) electrons. The topological polar surface area (TPSA) is 34.1 Å². The Hall–Kier alpha value is -0.660. The van der Waals surface area contributed by atoms with Crippen molar-refractivity contribution in [3.05, 3.63) is 0 Å². The number of hydrogen-bond acceptors (Lipinski definition) is 2. The van der Waals surface area contributed by atoms with E-state index in [2.05, 4.69) is 20.8 Å². The number of fused-ring (bicyclic) bond motifs is 1. The molecule has 0 heterocycles. The Morgan fingerprint density at radius 2 is 1.76 bits per heavy atom. The van der Waals surface area contributed by atoms with Gasteiger partial charge in [0.1, 0.15) is 11.6 Å². The Kier molecular flexibility index (Phi) is 2.03. The monoisotopic (exact) mass is 234 g/mol. The lowest BCUT2D eigenvalue weighted by molar-refractivity contribution is -0.149. The van der Waals surface area contributed by atoms with Crippen LogP contribution in [0.4, 0.5) is 0 Å². The van der Waals surface area contributed by atoms with Gasteiger partial charge in [0.2, 0.25) is 0 Å². The Morgan fingerprint density at radius 3 is 2.47 bits per heavy atom. The lowest BCUT2D eigenvalue weighted by atomic mass is 9.50. The maximum absolute atomic E-state index is 12.5. The fourth-order valence-corrected chi connectivity index (χ4v) is 5.07. The molecular weight excluding hydrogens is 212 g/mol. The minimum atomic E-state index is -0.190. The highest BCUT2D eigenvalue weighted by Crippen LogP contribution is 2.66. The van der Waals surface area contributed by atoms with Gasteiger partial charge in [-0.05, 0) is 37.0 Å². The van der Waals surface area contributed by atoms with Gasteiger partial charge in [-0.3, -0.25) is 9.59 Å². The molecule has 0 amide bonds. The van der Waals surface area contributed by atoms with Gasteiger partial charge in [0, 0.05) is 23.7 Å². The van der Waals surface area contributed by atoms with Crippen LogP contribution in [0.15, 0.2) is 0 Å². The highest BCUT2D eigenvalue weighted by molar-refractivity contribution is 5.94. The highest BCUT2D eigenvalue weighted by Gasteiger charge is 2.64. The van der Waals surface area contributed by atoms with Gasteiger partial charge < -0.3 is 0 Å². The first-order valence-corrected chi connectivity index (χ1v) is 6.87. The van der Waals surface area contributed by atoms with Crippen molar-refractivity contribution in [1.29, 1.82) is 0 Å². The van der Waals surface area contributed by atoms with Crippen molar-refractivity contribution >= 4 is 11.6 Å². The van der Waals surface area contributed by atoms with Gasteiger partial charge in [-0.2, -0.15) is 0 Å². The molecule has 3 rings (SSSR count). The third-order valence-electron chi connectivity index (χ3n) is 5.94. The van der Waals surface area contributed by atoms with E-state index in [1.807, 2.05) is 0 Å². The summed E-state index contributed by atoms with van der Waals surface area (Å²) in [4.78, 5) is 24.6. The largest absolute Gasteiger partial charge is 0.299 e. The molecule has 1 spiro atoms. The summed E-state index contributed by atoms with van der Waals surface area (Å²) in [7, 11) is 0.